The standard InChI is InChI=1S/C18H21NO4/c1-2-22-15-9-5-13(6-10-15)17(20)19-12-18(21,14-7-8-14)16-4-3-11-23-16/h3-6,9-11,14,21H,2,7-8,12H2,1H3,(H,19,20)/t18-/m1/s1. The summed E-state index contributed by atoms with van der Waals surface area (Å²) < 4.78 is 10.7. The highest BCUT2D eigenvalue weighted by Crippen LogP contribution is 2.45. The van der Waals surface area contributed by atoms with Gasteiger partial charge in [0, 0.05) is 5.56 Å². The Morgan fingerprint density at radius 1 is 1.35 bits per heavy atom. The van der Waals surface area contributed by atoms with Crippen molar-refractivity contribution in [2.45, 2.75) is 25.4 Å². The Morgan fingerprint density at radius 3 is 2.65 bits per heavy atom. The largest absolute Gasteiger partial charge is 0.494 e. The Kier molecular flexibility index (Phi) is 4.39. The third-order valence-corrected chi connectivity index (χ3v) is 4.15. The van der Waals surface area contributed by atoms with E-state index in [1.54, 1.807) is 36.4 Å². The Hall–Kier alpha value is -2.27. The van der Waals surface area contributed by atoms with Crippen LogP contribution in [0.15, 0.2) is 47.1 Å². The Morgan fingerprint density at radius 2 is 2.09 bits per heavy atom. The molecule has 1 aromatic heterocycles. The number of benzene rings is 1. The Labute approximate surface area is 135 Å². The number of ether oxygens (including phenoxy) is 1. The Balaban J connectivity index is 1.65. The van der Waals surface area contributed by atoms with Crippen LogP contribution in [0, 0.1) is 5.92 Å². The van der Waals surface area contributed by atoms with Gasteiger partial charge in [0.25, 0.3) is 5.91 Å². The van der Waals surface area contributed by atoms with E-state index in [1.807, 2.05) is 6.92 Å². The summed E-state index contributed by atoms with van der Waals surface area (Å²) in [5, 5.41) is 13.7. The van der Waals surface area contributed by atoms with Crippen molar-refractivity contribution < 1.29 is 19.1 Å². The first-order valence-corrected chi connectivity index (χ1v) is 7.91. The lowest BCUT2D eigenvalue weighted by molar-refractivity contribution is -0.00610. The highest BCUT2D eigenvalue weighted by molar-refractivity contribution is 5.94. The van der Waals surface area contributed by atoms with Crippen LogP contribution in [-0.2, 0) is 5.60 Å². The second kappa shape index (κ2) is 6.46. The number of aliphatic hydroxyl groups is 1. The van der Waals surface area contributed by atoms with Gasteiger partial charge in [0.2, 0.25) is 0 Å². The molecule has 0 unspecified atom stereocenters. The van der Waals surface area contributed by atoms with Crippen molar-refractivity contribution in [1.82, 2.24) is 5.32 Å². The van der Waals surface area contributed by atoms with Gasteiger partial charge in [-0.3, -0.25) is 4.79 Å². The van der Waals surface area contributed by atoms with E-state index >= 15 is 0 Å². The van der Waals surface area contributed by atoms with E-state index in [0.717, 1.165) is 18.6 Å². The maximum atomic E-state index is 12.3. The van der Waals surface area contributed by atoms with Gasteiger partial charge < -0.3 is 19.6 Å². The third kappa shape index (κ3) is 3.40. The van der Waals surface area contributed by atoms with Crippen molar-refractivity contribution in [2.75, 3.05) is 13.2 Å². The zero-order valence-electron chi connectivity index (χ0n) is 13.1. The third-order valence-electron chi connectivity index (χ3n) is 4.15. The van der Waals surface area contributed by atoms with Crippen LogP contribution in [0.1, 0.15) is 35.9 Å². The quantitative estimate of drug-likeness (QED) is 0.824. The number of carbonyl (C=O) groups excluding carboxylic acids is 1. The number of carbonyl (C=O) groups is 1. The molecule has 1 aliphatic carbocycles. The molecular formula is C18H21NO4. The number of rotatable bonds is 7. The maximum Gasteiger partial charge on any atom is 0.251 e. The van der Waals surface area contributed by atoms with Gasteiger partial charge in [-0.15, -0.1) is 0 Å². The predicted molar refractivity (Wildman–Crippen MR) is 85.3 cm³/mol. The summed E-state index contributed by atoms with van der Waals surface area (Å²) in [6.07, 6.45) is 3.42. The highest BCUT2D eigenvalue weighted by Gasteiger charge is 2.47. The van der Waals surface area contributed by atoms with Gasteiger partial charge in [0.1, 0.15) is 17.1 Å². The molecule has 1 heterocycles. The van der Waals surface area contributed by atoms with E-state index in [-0.39, 0.29) is 18.4 Å². The van der Waals surface area contributed by atoms with Crippen molar-refractivity contribution in [2.24, 2.45) is 5.92 Å². The summed E-state index contributed by atoms with van der Waals surface area (Å²) in [7, 11) is 0. The molecule has 122 valence electrons. The van der Waals surface area contributed by atoms with Gasteiger partial charge in [-0.05, 0) is 62.1 Å². The average Bonchev–Trinajstić information content (AvgIpc) is 3.28. The molecule has 0 aliphatic heterocycles. The van der Waals surface area contributed by atoms with Crippen LogP contribution in [0.2, 0.25) is 0 Å². The summed E-state index contributed by atoms with van der Waals surface area (Å²) in [4.78, 5) is 12.3. The lowest BCUT2D eigenvalue weighted by Crippen LogP contribution is -2.42. The van der Waals surface area contributed by atoms with Gasteiger partial charge in [-0.2, -0.15) is 0 Å². The molecule has 0 radical (unpaired) electrons. The normalized spacial score (nSPS) is 16.6. The SMILES string of the molecule is CCOc1ccc(C(=O)NC[C@](O)(c2ccco2)C2CC2)cc1. The monoisotopic (exact) mass is 315 g/mol. The predicted octanol–water partition coefficient (Wildman–Crippen LogP) is 2.71. The molecule has 3 rings (SSSR count). The molecule has 1 fully saturated rings. The van der Waals surface area contributed by atoms with Crippen molar-refractivity contribution >= 4 is 5.91 Å². The number of furan rings is 1. The van der Waals surface area contributed by atoms with E-state index in [9.17, 15) is 9.90 Å². The van der Waals surface area contributed by atoms with Gasteiger partial charge in [0.05, 0.1) is 19.4 Å². The van der Waals surface area contributed by atoms with Crippen LogP contribution >= 0.6 is 0 Å². The van der Waals surface area contributed by atoms with Crippen LogP contribution in [0.4, 0.5) is 0 Å². The van der Waals surface area contributed by atoms with E-state index in [2.05, 4.69) is 5.32 Å². The minimum atomic E-state index is -1.13. The summed E-state index contributed by atoms with van der Waals surface area (Å²) in [5.41, 5.74) is -0.601. The van der Waals surface area contributed by atoms with E-state index in [1.165, 1.54) is 6.26 Å². The van der Waals surface area contributed by atoms with Crippen LogP contribution in [0.5, 0.6) is 5.75 Å². The van der Waals surface area contributed by atoms with Crippen LogP contribution < -0.4 is 10.1 Å². The fraction of sp³-hybridized carbons (Fsp3) is 0.389. The number of hydrogen-bond acceptors (Lipinski definition) is 4. The van der Waals surface area contributed by atoms with E-state index < -0.39 is 5.60 Å². The molecule has 5 heteroatoms. The first-order valence-electron chi connectivity index (χ1n) is 7.91. The van der Waals surface area contributed by atoms with Gasteiger partial charge in [-0.25, -0.2) is 0 Å². The average molecular weight is 315 g/mol. The lowest BCUT2D eigenvalue weighted by Gasteiger charge is -2.26. The smallest absolute Gasteiger partial charge is 0.251 e. The van der Waals surface area contributed by atoms with Crippen molar-refractivity contribution in [3.8, 4) is 5.75 Å². The van der Waals surface area contributed by atoms with E-state index in [4.69, 9.17) is 9.15 Å². The van der Waals surface area contributed by atoms with Gasteiger partial charge in [-0.1, -0.05) is 0 Å². The summed E-state index contributed by atoms with van der Waals surface area (Å²) in [6.45, 7) is 2.63. The number of amides is 1. The molecule has 1 atom stereocenters. The zero-order valence-corrected chi connectivity index (χ0v) is 13.1. The first-order chi connectivity index (χ1) is 11.1. The number of hydrogen-bond donors (Lipinski definition) is 2. The Bertz CT molecular complexity index is 646. The van der Waals surface area contributed by atoms with Crippen LogP contribution in [0.25, 0.3) is 0 Å². The fourth-order valence-corrected chi connectivity index (χ4v) is 2.70. The minimum absolute atomic E-state index is 0.134. The van der Waals surface area contributed by atoms with Crippen molar-refractivity contribution in [1.29, 1.82) is 0 Å². The van der Waals surface area contributed by atoms with Gasteiger partial charge >= 0.3 is 0 Å². The zero-order chi connectivity index (χ0) is 16.3. The number of nitrogens with one attached hydrogen (secondary N) is 1. The maximum absolute atomic E-state index is 12.3. The summed E-state index contributed by atoms with van der Waals surface area (Å²) in [5.74, 6) is 1.15. The fourth-order valence-electron chi connectivity index (χ4n) is 2.70. The van der Waals surface area contributed by atoms with E-state index in [0.29, 0.717) is 17.9 Å². The molecule has 0 bridgehead atoms. The highest BCUT2D eigenvalue weighted by atomic mass is 16.5. The summed E-state index contributed by atoms with van der Waals surface area (Å²) in [6, 6.07) is 10.4. The second-order valence-corrected chi connectivity index (χ2v) is 5.82. The minimum Gasteiger partial charge on any atom is -0.494 e. The molecule has 1 amide bonds. The molecule has 2 N–H and O–H groups in total. The molecule has 0 spiro atoms. The van der Waals surface area contributed by atoms with Crippen LogP contribution in [0.3, 0.4) is 0 Å². The second-order valence-electron chi connectivity index (χ2n) is 5.82. The molecule has 1 saturated carbocycles. The molecule has 2 aromatic rings. The molecular weight excluding hydrogens is 294 g/mol. The lowest BCUT2D eigenvalue weighted by atomic mass is 9.94. The molecule has 23 heavy (non-hydrogen) atoms. The van der Waals surface area contributed by atoms with Crippen LogP contribution in [-0.4, -0.2) is 24.2 Å². The summed E-state index contributed by atoms with van der Waals surface area (Å²) >= 11 is 0. The van der Waals surface area contributed by atoms with Gasteiger partial charge in [0.15, 0.2) is 0 Å². The first kappa shape index (κ1) is 15.6. The molecule has 0 saturated heterocycles. The molecule has 5 nitrogen and oxygen atoms in total. The van der Waals surface area contributed by atoms with Crippen molar-refractivity contribution in [3.05, 3.63) is 54.0 Å². The van der Waals surface area contributed by atoms with Crippen molar-refractivity contribution in [3.63, 3.8) is 0 Å². The molecule has 1 aliphatic rings. The topological polar surface area (TPSA) is 71.7 Å². The molecule has 1 aromatic carbocycles.